The van der Waals surface area contributed by atoms with Crippen LogP contribution in [0, 0.1) is 0 Å². The summed E-state index contributed by atoms with van der Waals surface area (Å²) in [5, 5.41) is 0.777. The normalized spacial score (nSPS) is 15.8. The highest BCUT2D eigenvalue weighted by molar-refractivity contribution is 6.04. The largest absolute Gasteiger partial charge is 0.463 e. The van der Waals surface area contributed by atoms with Crippen LogP contribution in [-0.4, -0.2) is 20.1 Å². The fraction of sp³-hybridized carbons (Fsp3) is 0.286. The molecule has 0 saturated heterocycles. The van der Waals surface area contributed by atoms with E-state index in [0.717, 1.165) is 16.5 Å². The number of hydrogen-bond acceptors (Lipinski definition) is 6. The van der Waals surface area contributed by atoms with Crippen LogP contribution in [-0.2, 0) is 24.3 Å². The topological polar surface area (TPSA) is 83.3 Å². The van der Waals surface area contributed by atoms with Crippen molar-refractivity contribution in [2.24, 2.45) is 0 Å². The zero-order chi connectivity index (χ0) is 19.5. The molecule has 5 rings (SSSR count). The van der Waals surface area contributed by atoms with Gasteiger partial charge in [-0.15, -0.1) is 6.58 Å². The lowest BCUT2D eigenvalue weighted by Crippen LogP contribution is -2.32. The van der Waals surface area contributed by atoms with Crippen LogP contribution in [0.1, 0.15) is 25.0 Å². The number of ether oxygens (including phenoxy) is 1. The number of nitrogens with zero attached hydrogens (tertiary/aromatic N) is 3. The van der Waals surface area contributed by atoms with Crippen molar-refractivity contribution < 1.29 is 13.6 Å². The molecule has 0 spiro atoms. The Kier molecular flexibility index (Phi) is 3.57. The second-order valence-electron chi connectivity index (χ2n) is 7.57. The molecular formula is C21H19N3O4. The minimum Gasteiger partial charge on any atom is -0.463 e. The van der Waals surface area contributed by atoms with Gasteiger partial charge >= 0.3 is 0 Å². The Morgan fingerprint density at radius 1 is 1.36 bits per heavy atom. The van der Waals surface area contributed by atoms with Crippen LogP contribution in [0.5, 0.6) is 0 Å². The molecule has 7 nitrogen and oxygen atoms in total. The molecular weight excluding hydrogens is 358 g/mol. The van der Waals surface area contributed by atoms with E-state index in [4.69, 9.17) is 13.6 Å². The Balaban J connectivity index is 1.89. The van der Waals surface area contributed by atoms with Gasteiger partial charge in [0.2, 0.25) is 11.3 Å². The van der Waals surface area contributed by atoms with E-state index in [0.29, 0.717) is 42.3 Å². The van der Waals surface area contributed by atoms with E-state index in [1.165, 1.54) is 10.9 Å². The minimum absolute atomic E-state index is 0.204. The minimum atomic E-state index is -0.344. The van der Waals surface area contributed by atoms with Gasteiger partial charge in [0.1, 0.15) is 11.2 Å². The maximum Gasteiger partial charge on any atom is 0.297 e. The molecule has 0 unspecified atom stereocenters. The summed E-state index contributed by atoms with van der Waals surface area (Å²) in [5.41, 5.74) is 3.20. The lowest BCUT2D eigenvalue weighted by atomic mass is 9.89. The fourth-order valence-corrected chi connectivity index (χ4v) is 3.78. The van der Waals surface area contributed by atoms with Crippen LogP contribution >= 0.6 is 0 Å². The average Bonchev–Trinajstić information content (AvgIpc) is 3.30. The molecule has 0 amide bonds. The summed E-state index contributed by atoms with van der Waals surface area (Å²) in [5.74, 6) is 0.638. The van der Waals surface area contributed by atoms with Crippen molar-refractivity contribution in [3.05, 3.63) is 58.9 Å². The van der Waals surface area contributed by atoms with E-state index in [9.17, 15) is 4.79 Å². The first-order valence-corrected chi connectivity index (χ1v) is 9.10. The molecule has 0 atom stereocenters. The molecule has 142 valence electrons. The maximum atomic E-state index is 12.8. The first kappa shape index (κ1) is 16.9. The second-order valence-corrected chi connectivity index (χ2v) is 7.57. The molecule has 0 aliphatic carbocycles. The van der Waals surface area contributed by atoms with Crippen molar-refractivity contribution in [1.29, 1.82) is 0 Å². The van der Waals surface area contributed by atoms with Crippen LogP contribution in [0.3, 0.4) is 0 Å². The average molecular weight is 377 g/mol. The lowest BCUT2D eigenvalue weighted by molar-refractivity contribution is -0.0395. The van der Waals surface area contributed by atoms with Gasteiger partial charge in [-0.1, -0.05) is 6.08 Å². The summed E-state index contributed by atoms with van der Waals surface area (Å²) in [6, 6.07) is 3.67. The Bertz CT molecular complexity index is 1280. The monoisotopic (exact) mass is 377 g/mol. The highest BCUT2D eigenvalue weighted by Gasteiger charge is 2.33. The van der Waals surface area contributed by atoms with Crippen LogP contribution in [0.4, 0.5) is 0 Å². The van der Waals surface area contributed by atoms with Gasteiger partial charge < -0.3 is 13.6 Å². The van der Waals surface area contributed by atoms with E-state index < -0.39 is 0 Å². The molecule has 0 fully saturated rings. The zero-order valence-corrected chi connectivity index (χ0v) is 15.7. The molecule has 1 aliphatic rings. The molecule has 0 N–H and O–H groups in total. The molecule has 0 radical (unpaired) electrons. The number of fused-ring (bicyclic) bond motifs is 5. The van der Waals surface area contributed by atoms with Crippen molar-refractivity contribution in [2.75, 3.05) is 0 Å². The van der Waals surface area contributed by atoms with Crippen molar-refractivity contribution in [1.82, 2.24) is 14.5 Å². The molecule has 0 bridgehead atoms. The quantitative estimate of drug-likeness (QED) is 0.505. The van der Waals surface area contributed by atoms with Crippen molar-refractivity contribution in [3.8, 4) is 11.5 Å². The van der Waals surface area contributed by atoms with Gasteiger partial charge in [0, 0.05) is 18.5 Å². The van der Waals surface area contributed by atoms with Gasteiger partial charge in [0.15, 0.2) is 5.76 Å². The first-order valence-electron chi connectivity index (χ1n) is 9.10. The second kappa shape index (κ2) is 5.90. The van der Waals surface area contributed by atoms with Gasteiger partial charge in [-0.05, 0) is 31.5 Å². The third-order valence-electron chi connectivity index (χ3n) is 5.10. The van der Waals surface area contributed by atoms with Crippen LogP contribution in [0.2, 0.25) is 0 Å². The fourth-order valence-electron chi connectivity index (χ4n) is 3.78. The highest BCUT2D eigenvalue weighted by atomic mass is 16.5. The van der Waals surface area contributed by atoms with Crippen LogP contribution in [0.25, 0.3) is 33.7 Å². The Morgan fingerprint density at radius 3 is 2.96 bits per heavy atom. The molecule has 5 heterocycles. The molecule has 4 aromatic heterocycles. The van der Waals surface area contributed by atoms with Crippen LogP contribution < -0.4 is 5.56 Å². The lowest BCUT2D eigenvalue weighted by Gasteiger charge is -2.32. The Hall–Kier alpha value is -3.19. The van der Waals surface area contributed by atoms with E-state index in [1.54, 1.807) is 12.3 Å². The van der Waals surface area contributed by atoms with E-state index in [1.807, 2.05) is 26.0 Å². The number of furan rings is 2. The van der Waals surface area contributed by atoms with Gasteiger partial charge in [-0.2, -0.15) is 0 Å². The molecule has 1 aliphatic heterocycles. The molecule has 0 aromatic carbocycles. The molecule has 0 saturated carbocycles. The van der Waals surface area contributed by atoms with Gasteiger partial charge in [-0.25, -0.2) is 9.97 Å². The maximum absolute atomic E-state index is 12.8. The number of hydrogen-bond donors (Lipinski definition) is 0. The number of pyridine rings is 1. The van der Waals surface area contributed by atoms with Crippen molar-refractivity contribution in [2.45, 2.75) is 39.0 Å². The van der Waals surface area contributed by atoms with E-state index >= 15 is 0 Å². The predicted octanol–water partition coefficient (Wildman–Crippen LogP) is 3.84. The smallest absolute Gasteiger partial charge is 0.297 e. The van der Waals surface area contributed by atoms with Crippen molar-refractivity contribution >= 4 is 22.2 Å². The summed E-state index contributed by atoms with van der Waals surface area (Å²) >= 11 is 0. The summed E-state index contributed by atoms with van der Waals surface area (Å²) < 4.78 is 19.0. The van der Waals surface area contributed by atoms with E-state index in [-0.39, 0.29) is 16.7 Å². The van der Waals surface area contributed by atoms with Crippen LogP contribution in [0.15, 0.2) is 51.0 Å². The molecule has 28 heavy (non-hydrogen) atoms. The predicted molar refractivity (Wildman–Crippen MR) is 104 cm³/mol. The third kappa shape index (κ3) is 2.43. The summed E-state index contributed by atoms with van der Waals surface area (Å²) in [4.78, 5) is 22.0. The molecule has 7 heteroatoms. The SMILES string of the molecule is C=CCn1cnc2c(oc3nc(-c4ccco4)c4c(c32)CC(C)(C)OC4)c1=O. The summed E-state index contributed by atoms with van der Waals surface area (Å²) in [6.07, 6.45) is 5.43. The zero-order valence-electron chi connectivity index (χ0n) is 15.7. The Labute approximate surface area is 160 Å². The first-order chi connectivity index (χ1) is 13.5. The van der Waals surface area contributed by atoms with Gasteiger partial charge in [-0.3, -0.25) is 9.36 Å². The third-order valence-corrected chi connectivity index (χ3v) is 5.10. The number of aromatic nitrogens is 3. The number of rotatable bonds is 3. The molecule has 4 aromatic rings. The van der Waals surface area contributed by atoms with Crippen molar-refractivity contribution in [3.63, 3.8) is 0 Å². The Morgan fingerprint density at radius 2 is 2.21 bits per heavy atom. The standard InChI is InChI=1S/C21H19N3O4/c1-4-7-24-11-22-17-15-12-9-21(2,3)27-10-13(12)16(14-6-5-8-26-14)23-19(15)28-18(17)20(24)25/h4-6,8,11H,1,7,9-10H2,2-3H3. The summed E-state index contributed by atoms with van der Waals surface area (Å²) in [6.45, 7) is 8.53. The highest BCUT2D eigenvalue weighted by Crippen LogP contribution is 2.40. The van der Waals surface area contributed by atoms with E-state index in [2.05, 4.69) is 16.5 Å². The van der Waals surface area contributed by atoms with Gasteiger partial charge in [0.25, 0.3) is 5.56 Å². The summed E-state index contributed by atoms with van der Waals surface area (Å²) in [7, 11) is 0. The number of allylic oxidation sites excluding steroid dienone is 1. The van der Waals surface area contributed by atoms with Gasteiger partial charge in [0.05, 0.1) is 30.2 Å².